The van der Waals surface area contributed by atoms with Crippen LogP contribution in [0.1, 0.15) is 0 Å². The Kier molecular flexibility index (Phi) is 6.47. The van der Waals surface area contributed by atoms with Gasteiger partial charge in [-0.2, -0.15) is 8.78 Å². The van der Waals surface area contributed by atoms with E-state index in [-0.39, 0.29) is 10.8 Å². The maximum atomic E-state index is 12.2. The molecule has 0 bridgehead atoms. The Morgan fingerprint density at radius 3 is 2.80 bits per heavy atom. The van der Waals surface area contributed by atoms with Gasteiger partial charge in [0.25, 0.3) is 0 Å². The van der Waals surface area contributed by atoms with E-state index in [1.165, 1.54) is 30.2 Å². The van der Waals surface area contributed by atoms with Gasteiger partial charge in [-0.15, -0.1) is 0 Å². The Labute approximate surface area is 120 Å². The van der Waals surface area contributed by atoms with E-state index in [9.17, 15) is 13.6 Å². The highest BCUT2D eigenvalue weighted by Crippen LogP contribution is 2.29. The number of methoxy groups -OCH3 is 1. The topological polar surface area (TPSA) is 50.8 Å². The Bertz CT molecular complexity index is 460. The number of amides is 2. The van der Waals surface area contributed by atoms with E-state index in [0.717, 1.165) is 0 Å². The summed E-state index contributed by atoms with van der Waals surface area (Å²) >= 11 is 5.71. The van der Waals surface area contributed by atoms with Crippen LogP contribution in [0, 0.1) is 0 Å². The van der Waals surface area contributed by atoms with Crippen molar-refractivity contribution in [3.63, 3.8) is 0 Å². The fourth-order valence-corrected chi connectivity index (χ4v) is 1.48. The fourth-order valence-electron chi connectivity index (χ4n) is 1.32. The number of carbonyl (C=O) groups is 1. The molecular formula is C12H15ClF2N2O3. The molecule has 0 unspecified atom stereocenters. The van der Waals surface area contributed by atoms with Gasteiger partial charge in [0.1, 0.15) is 5.75 Å². The lowest BCUT2D eigenvalue weighted by molar-refractivity contribution is -0.0497. The number of urea groups is 1. The van der Waals surface area contributed by atoms with Crippen LogP contribution in [0.4, 0.5) is 19.3 Å². The van der Waals surface area contributed by atoms with Crippen LogP contribution in [0.3, 0.4) is 0 Å². The molecule has 0 aliphatic heterocycles. The summed E-state index contributed by atoms with van der Waals surface area (Å²) in [7, 11) is 3.11. The second-order valence-electron chi connectivity index (χ2n) is 3.87. The fraction of sp³-hybridized carbons (Fsp3) is 0.417. The SMILES string of the molecule is COCCN(C)C(=O)Nc1ccc(Cl)c(OC(F)F)c1. The van der Waals surface area contributed by atoms with Crippen molar-refractivity contribution in [1.82, 2.24) is 4.90 Å². The van der Waals surface area contributed by atoms with Gasteiger partial charge in [-0.05, 0) is 12.1 Å². The van der Waals surface area contributed by atoms with Gasteiger partial charge >= 0.3 is 12.6 Å². The second kappa shape index (κ2) is 7.86. The average molecular weight is 309 g/mol. The number of hydrogen-bond acceptors (Lipinski definition) is 3. The molecule has 1 N–H and O–H groups in total. The molecule has 5 nitrogen and oxygen atoms in total. The van der Waals surface area contributed by atoms with Crippen molar-refractivity contribution in [3.05, 3.63) is 23.2 Å². The summed E-state index contributed by atoms with van der Waals surface area (Å²) in [6.45, 7) is -2.19. The number of nitrogens with one attached hydrogen (secondary N) is 1. The molecule has 0 aromatic heterocycles. The predicted octanol–water partition coefficient (Wildman–Crippen LogP) is 3.05. The summed E-state index contributed by atoms with van der Waals surface area (Å²) in [5, 5.41) is 2.58. The molecule has 2 amide bonds. The van der Waals surface area contributed by atoms with Crippen molar-refractivity contribution in [2.75, 3.05) is 32.6 Å². The Morgan fingerprint density at radius 1 is 1.50 bits per heavy atom. The molecule has 0 spiro atoms. The Balaban J connectivity index is 2.70. The van der Waals surface area contributed by atoms with Crippen LogP contribution < -0.4 is 10.1 Å². The highest BCUT2D eigenvalue weighted by molar-refractivity contribution is 6.32. The van der Waals surface area contributed by atoms with E-state index < -0.39 is 12.6 Å². The molecule has 20 heavy (non-hydrogen) atoms. The van der Waals surface area contributed by atoms with Crippen molar-refractivity contribution in [2.45, 2.75) is 6.61 Å². The number of ether oxygens (including phenoxy) is 2. The maximum absolute atomic E-state index is 12.2. The third-order valence-corrected chi connectivity index (χ3v) is 2.69. The number of hydrogen-bond donors (Lipinski definition) is 1. The summed E-state index contributed by atoms with van der Waals surface area (Å²) < 4.78 is 33.4. The summed E-state index contributed by atoms with van der Waals surface area (Å²) in [5.41, 5.74) is 0.305. The van der Waals surface area contributed by atoms with Crippen molar-refractivity contribution in [1.29, 1.82) is 0 Å². The Hall–Kier alpha value is -1.60. The number of likely N-dealkylation sites (N-methyl/N-ethyl adjacent to an activating group) is 1. The first-order valence-corrected chi connectivity index (χ1v) is 6.07. The number of anilines is 1. The summed E-state index contributed by atoms with van der Waals surface area (Å²) in [4.78, 5) is 13.2. The van der Waals surface area contributed by atoms with Gasteiger partial charge in [0.05, 0.1) is 11.6 Å². The van der Waals surface area contributed by atoms with Crippen LogP contribution in [0.2, 0.25) is 5.02 Å². The summed E-state index contributed by atoms with van der Waals surface area (Å²) in [6, 6.07) is 3.69. The maximum Gasteiger partial charge on any atom is 0.387 e. The minimum atomic E-state index is -2.98. The number of nitrogens with zero attached hydrogens (tertiary/aromatic N) is 1. The van der Waals surface area contributed by atoms with E-state index in [1.807, 2.05) is 0 Å². The molecule has 112 valence electrons. The first-order valence-electron chi connectivity index (χ1n) is 5.69. The van der Waals surface area contributed by atoms with Crippen molar-refractivity contribution in [3.8, 4) is 5.75 Å². The lowest BCUT2D eigenvalue weighted by Gasteiger charge is -2.18. The number of benzene rings is 1. The lowest BCUT2D eigenvalue weighted by atomic mass is 10.3. The highest BCUT2D eigenvalue weighted by Gasteiger charge is 2.12. The predicted molar refractivity (Wildman–Crippen MR) is 71.6 cm³/mol. The van der Waals surface area contributed by atoms with Gasteiger partial charge < -0.3 is 19.7 Å². The average Bonchev–Trinajstić information content (AvgIpc) is 2.39. The molecule has 0 aliphatic carbocycles. The van der Waals surface area contributed by atoms with E-state index in [1.54, 1.807) is 7.05 Å². The highest BCUT2D eigenvalue weighted by atomic mass is 35.5. The molecule has 0 saturated heterocycles. The van der Waals surface area contributed by atoms with E-state index >= 15 is 0 Å². The number of carbonyl (C=O) groups excluding carboxylic acids is 1. The van der Waals surface area contributed by atoms with E-state index in [2.05, 4.69) is 10.1 Å². The van der Waals surface area contributed by atoms with Gasteiger partial charge in [0.15, 0.2) is 0 Å². The minimum Gasteiger partial charge on any atom is -0.433 e. The molecule has 0 fully saturated rings. The van der Waals surface area contributed by atoms with Gasteiger partial charge in [-0.3, -0.25) is 0 Å². The number of halogens is 3. The number of rotatable bonds is 6. The zero-order chi connectivity index (χ0) is 15.1. The van der Waals surface area contributed by atoms with Gasteiger partial charge in [-0.1, -0.05) is 11.6 Å². The van der Waals surface area contributed by atoms with Crippen molar-refractivity contribution in [2.24, 2.45) is 0 Å². The number of alkyl halides is 2. The molecule has 1 aromatic rings. The molecule has 0 saturated carbocycles. The van der Waals surface area contributed by atoms with E-state index in [4.69, 9.17) is 16.3 Å². The van der Waals surface area contributed by atoms with Gasteiger partial charge in [0.2, 0.25) is 0 Å². The molecule has 8 heteroatoms. The Morgan fingerprint density at radius 2 is 2.20 bits per heavy atom. The first-order chi connectivity index (χ1) is 9.43. The first kappa shape index (κ1) is 16.5. The van der Waals surface area contributed by atoms with Crippen LogP contribution >= 0.6 is 11.6 Å². The molecule has 1 rings (SSSR count). The third-order valence-electron chi connectivity index (χ3n) is 2.38. The van der Waals surface area contributed by atoms with Crippen LogP contribution in [0.5, 0.6) is 5.75 Å². The zero-order valence-electron chi connectivity index (χ0n) is 11.0. The minimum absolute atomic E-state index is 0.0380. The zero-order valence-corrected chi connectivity index (χ0v) is 11.8. The monoisotopic (exact) mass is 308 g/mol. The molecule has 1 aromatic carbocycles. The molecule has 0 aliphatic rings. The third kappa shape index (κ3) is 5.18. The molecular weight excluding hydrogens is 294 g/mol. The smallest absolute Gasteiger partial charge is 0.387 e. The quantitative estimate of drug-likeness (QED) is 0.878. The normalized spacial score (nSPS) is 10.5. The van der Waals surface area contributed by atoms with E-state index in [0.29, 0.717) is 18.8 Å². The van der Waals surface area contributed by atoms with Crippen molar-refractivity contribution < 1.29 is 23.0 Å². The molecule has 0 radical (unpaired) electrons. The molecule has 0 atom stereocenters. The summed E-state index contributed by atoms with van der Waals surface area (Å²) in [5.74, 6) is -0.195. The van der Waals surface area contributed by atoms with Crippen LogP contribution in [0.25, 0.3) is 0 Å². The summed E-state index contributed by atoms with van der Waals surface area (Å²) in [6.07, 6.45) is 0. The van der Waals surface area contributed by atoms with Crippen molar-refractivity contribution >= 4 is 23.3 Å². The van der Waals surface area contributed by atoms with Gasteiger partial charge in [0, 0.05) is 32.5 Å². The van der Waals surface area contributed by atoms with Crippen LogP contribution in [-0.2, 0) is 4.74 Å². The van der Waals surface area contributed by atoms with Gasteiger partial charge in [-0.25, -0.2) is 4.79 Å². The molecule has 0 heterocycles. The largest absolute Gasteiger partial charge is 0.433 e. The second-order valence-corrected chi connectivity index (χ2v) is 4.28. The van der Waals surface area contributed by atoms with Crippen LogP contribution in [0.15, 0.2) is 18.2 Å². The standard InChI is InChI=1S/C12H15ClF2N2O3/c1-17(5-6-19-2)12(18)16-8-3-4-9(13)10(7-8)20-11(14)15/h3-4,7,11H,5-6H2,1-2H3,(H,16,18). The van der Waals surface area contributed by atoms with Crippen LogP contribution in [-0.4, -0.2) is 44.9 Å². The lowest BCUT2D eigenvalue weighted by Crippen LogP contribution is -2.33.